The van der Waals surface area contributed by atoms with Crippen LogP contribution in [0.3, 0.4) is 0 Å². The van der Waals surface area contributed by atoms with Crippen LogP contribution in [-0.2, 0) is 48.5 Å². The fourth-order valence-electron chi connectivity index (χ4n) is 3.69. The number of quaternary nitrogens is 1. The minimum absolute atomic E-state index is 0.0113. The van der Waals surface area contributed by atoms with Crippen molar-refractivity contribution in [3.8, 4) is 0 Å². The predicted molar refractivity (Wildman–Crippen MR) is 150 cm³/mol. The van der Waals surface area contributed by atoms with Crippen LogP contribution in [0.2, 0.25) is 0 Å². The van der Waals surface area contributed by atoms with Gasteiger partial charge in [0.2, 0.25) is 17.7 Å². The van der Waals surface area contributed by atoms with E-state index in [0.29, 0.717) is 29.1 Å². The summed E-state index contributed by atoms with van der Waals surface area (Å²) in [7, 11) is -0.668. The summed E-state index contributed by atoms with van der Waals surface area (Å²) >= 11 is 0. The lowest BCUT2D eigenvalue weighted by Gasteiger charge is -2.30. The number of nitrogens with zero attached hydrogens (tertiary/aromatic N) is 2. The van der Waals surface area contributed by atoms with Crippen molar-refractivity contribution in [1.82, 2.24) is 21.0 Å². The van der Waals surface area contributed by atoms with Crippen molar-refractivity contribution in [2.45, 2.75) is 65.3 Å². The lowest BCUT2D eigenvalue weighted by Crippen LogP contribution is -2.54. The van der Waals surface area contributed by atoms with E-state index < -0.39 is 62.8 Å². The van der Waals surface area contributed by atoms with Gasteiger partial charge in [-0.15, -0.1) is 5.06 Å². The first-order chi connectivity index (χ1) is 19.9. The van der Waals surface area contributed by atoms with Crippen LogP contribution < -0.4 is 16.0 Å². The highest BCUT2D eigenvalue weighted by Crippen LogP contribution is 2.20. The molecule has 17 heteroatoms. The zero-order chi connectivity index (χ0) is 32.8. The second kappa shape index (κ2) is 17.2. The van der Waals surface area contributed by atoms with Crippen molar-refractivity contribution in [1.29, 1.82) is 0 Å². The lowest BCUT2D eigenvalue weighted by molar-refractivity contribution is -0.889. The van der Waals surface area contributed by atoms with Crippen molar-refractivity contribution >= 4 is 45.6 Å². The minimum Gasteiger partial charge on any atom is -0.748 e. The summed E-state index contributed by atoms with van der Waals surface area (Å²) in [5, 5.41) is 8.38. The summed E-state index contributed by atoms with van der Waals surface area (Å²) in [6.07, 6.45) is 0.0813. The number of hydroxylamine groups is 2. The first-order valence-electron chi connectivity index (χ1n) is 14.1. The van der Waals surface area contributed by atoms with Crippen molar-refractivity contribution in [3.63, 3.8) is 0 Å². The van der Waals surface area contributed by atoms with Crippen molar-refractivity contribution in [3.05, 3.63) is 0 Å². The van der Waals surface area contributed by atoms with Gasteiger partial charge in [0.05, 0.1) is 69.9 Å². The molecule has 1 unspecified atom stereocenters. The monoisotopic (exact) mass is 635 g/mol. The van der Waals surface area contributed by atoms with Gasteiger partial charge in [0.1, 0.15) is 6.04 Å². The highest BCUT2D eigenvalue weighted by Gasteiger charge is 2.33. The Kier molecular flexibility index (Phi) is 15.2. The number of nitrogens with one attached hydrogen (secondary N) is 3. The normalized spacial score (nSPS) is 14.8. The lowest BCUT2D eigenvalue weighted by atomic mass is 9.89. The molecule has 246 valence electrons. The van der Waals surface area contributed by atoms with Gasteiger partial charge in [-0.2, -0.15) is 0 Å². The summed E-state index contributed by atoms with van der Waals surface area (Å²) in [5.74, 6) is -3.95. The van der Waals surface area contributed by atoms with E-state index in [2.05, 4.69) is 16.0 Å². The van der Waals surface area contributed by atoms with Crippen LogP contribution in [0, 0.1) is 5.41 Å². The largest absolute Gasteiger partial charge is 0.748 e. The molecule has 0 saturated carbocycles. The molecular formula is C26H45N5O11S. The summed E-state index contributed by atoms with van der Waals surface area (Å²) in [6.45, 7) is 6.22. The van der Waals surface area contributed by atoms with Crippen molar-refractivity contribution < 1.29 is 55.8 Å². The number of likely N-dealkylation sites (N-methyl/N-ethyl adjacent to an activating group) is 1. The Labute approximate surface area is 252 Å². The molecule has 0 spiro atoms. The van der Waals surface area contributed by atoms with Gasteiger partial charge >= 0.3 is 5.97 Å². The molecule has 1 rings (SSSR count). The van der Waals surface area contributed by atoms with Crippen LogP contribution in [-0.4, -0.2) is 123 Å². The highest BCUT2D eigenvalue weighted by atomic mass is 32.2. The molecule has 5 amide bonds. The fraction of sp³-hybridized carbons (Fsp3) is 0.769. The maximum Gasteiger partial charge on any atom is 0.335 e. The Hall–Kier alpha value is -3.15. The van der Waals surface area contributed by atoms with Gasteiger partial charge in [0, 0.05) is 37.0 Å². The fourth-order valence-corrected chi connectivity index (χ4v) is 4.18. The topological polar surface area (TPSA) is 217 Å². The van der Waals surface area contributed by atoms with Crippen LogP contribution in [0.15, 0.2) is 0 Å². The molecule has 16 nitrogen and oxygen atoms in total. The summed E-state index contributed by atoms with van der Waals surface area (Å²) in [5.41, 5.74) is -0.778. The van der Waals surface area contributed by atoms with Crippen LogP contribution in [0.25, 0.3) is 0 Å². The number of carbonyl (C=O) groups excluding carboxylic acids is 6. The molecule has 0 radical (unpaired) electrons. The van der Waals surface area contributed by atoms with Crippen LogP contribution in [0.4, 0.5) is 0 Å². The quantitative estimate of drug-likeness (QED) is 0.0609. The zero-order valence-corrected chi connectivity index (χ0v) is 26.4. The molecule has 1 aliphatic heterocycles. The van der Waals surface area contributed by atoms with Crippen LogP contribution in [0.1, 0.15) is 59.3 Å². The van der Waals surface area contributed by atoms with Gasteiger partial charge in [-0.05, 0) is 6.42 Å². The van der Waals surface area contributed by atoms with Gasteiger partial charge in [-0.25, -0.2) is 13.2 Å². The molecule has 3 N–H and O–H groups in total. The number of ether oxygens (including phenoxy) is 1. The number of rotatable bonds is 20. The van der Waals surface area contributed by atoms with E-state index >= 15 is 0 Å². The van der Waals surface area contributed by atoms with Crippen molar-refractivity contribution in [2.24, 2.45) is 5.41 Å². The standard InChI is InChI=1S/C26H45N5O11S/c1-6-26(2,3)25(37)29-19(24(36)28-11-14-31(4,5)13-7-17-43(38,39)40)18-20(32)27-12-16-41-15-10-23(35)42-30-21(33)8-9-22(30)34/h19H,6-18H2,1-5H3,(H3-,27,28,29,32,36,37,38,39,40). The molecule has 0 aromatic rings. The van der Waals surface area contributed by atoms with E-state index in [9.17, 15) is 41.7 Å². The van der Waals surface area contributed by atoms with E-state index in [1.807, 2.05) is 21.0 Å². The van der Waals surface area contributed by atoms with Gasteiger partial charge < -0.3 is 34.6 Å². The molecular weight excluding hydrogens is 590 g/mol. The third-order valence-electron chi connectivity index (χ3n) is 6.90. The van der Waals surface area contributed by atoms with E-state index in [4.69, 9.17) is 9.57 Å². The first kappa shape index (κ1) is 37.9. The Bertz CT molecular complexity index is 1110. The Balaban J connectivity index is 2.53. The second-order valence-corrected chi connectivity index (χ2v) is 13.0. The molecule has 0 bridgehead atoms. The molecule has 1 atom stereocenters. The second-order valence-electron chi connectivity index (χ2n) is 11.5. The minimum atomic E-state index is -4.31. The molecule has 1 saturated heterocycles. The summed E-state index contributed by atoms with van der Waals surface area (Å²) in [4.78, 5) is 77.7. The van der Waals surface area contributed by atoms with E-state index in [0.717, 1.165) is 0 Å². The molecule has 43 heavy (non-hydrogen) atoms. The van der Waals surface area contributed by atoms with Gasteiger partial charge in [0.25, 0.3) is 11.8 Å². The smallest absolute Gasteiger partial charge is 0.335 e. The van der Waals surface area contributed by atoms with Gasteiger partial charge in [-0.1, -0.05) is 20.8 Å². The number of hydrogen-bond donors (Lipinski definition) is 3. The Morgan fingerprint density at radius 1 is 1.02 bits per heavy atom. The van der Waals surface area contributed by atoms with Crippen molar-refractivity contribution in [2.75, 3.05) is 59.2 Å². The third-order valence-corrected chi connectivity index (χ3v) is 7.69. The van der Waals surface area contributed by atoms with E-state index in [1.165, 1.54) is 0 Å². The Morgan fingerprint density at radius 2 is 1.65 bits per heavy atom. The molecule has 1 aliphatic rings. The number of carbonyl (C=O) groups is 6. The maximum atomic E-state index is 13.0. The molecule has 0 aromatic carbocycles. The molecule has 1 heterocycles. The third kappa shape index (κ3) is 15.2. The average molecular weight is 636 g/mol. The van der Waals surface area contributed by atoms with Gasteiger partial charge in [0.15, 0.2) is 0 Å². The summed E-state index contributed by atoms with van der Waals surface area (Å²) < 4.78 is 38.1. The number of amides is 5. The average Bonchev–Trinajstić information content (AvgIpc) is 3.21. The number of imide groups is 1. The zero-order valence-electron chi connectivity index (χ0n) is 25.6. The van der Waals surface area contributed by atoms with Gasteiger partial charge in [-0.3, -0.25) is 24.0 Å². The Morgan fingerprint density at radius 3 is 2.23 bits per heavy atom. The van der Waals surface area contributed by atoms with Crippen LogP contribution in [0.5, 0.6) is 0 Å². The van der Waals surface area contributed by atoms with E-state index in [1.54, 1.807) is 13.8 Å². The SMILES string of the molecule is CCC(C)(C)C(=O)NC(CC(=O)NCCOCCC(=O)ON1C(=O)CCC1=O)C(=O)NCC[N+](C)(C)CCCS(=O)(=O)[O-]. The van der Waals surface area contributed by atoms with E-state index in [-0.39, 0.29) is 58.4 Å². The predicted octanol–water partition coefficient (Wildman–Crippen LogP) is -1.44. The number of hydrogen-bond acceptors (Lipinski definition) is 11. The molecule has 1 fully saturated rings. The highest BCUT2D eigenvalue weighted by molar-refractivity contribution is 7.85. The van der Waals surface area contributed by atoms with Crippen LogP contribution >= 0.6 is 0 Å². The maximum absolute atomic E-state index is 13.0. The molecule has 0 aliphatic carbocycles. The summed E-state index contributed by atoms with van der Waals surface area (Å²) in [6, 6.07) is -1.16. The first-order valence-corrected chi connectivity index (χ1v) is 15.7. The molecule has 0 aromatic heterocycles.